The summed E-state index contributed by atoms with van der Waals surface area (Å²) in [6.07, 6.45) is 5.05. The van der Waals surface area contributed by atoms with Crippen molar-refractivity contribution in [3.63, 3.8) is 0 Å². The lowest BCUT2D eigenvalue weighted by Crippen LogP contribution is -2.10. The Morgan fingerprint density at radius 1 is 1.05 bits per heavy atom. The van der Waals surface area contributed by atoms with Gasteiger partial charge in [-0.1, -0.05) is 67.1 Å². The summed E-state index contributed by atoms with van der Waals surface area (Å²) in [4.78, 5) is 4.65. The maximum Gasteiger partial charge on any atom is 0.116 e. The minimum absolute atomic E-state index is 0.346. The summed E-state index contributed by atoms with van der Waals surface area (Å²) in [5.74, 6) is 1.50. The van der Waals surface area contributed by atoms with Crippen LogP contribution >= 0.6 is 0 Å². The van der Waals surface area contributed by atoms with Crippen molar-refractivity contribution in [2.24, 2.45) is 0 Å². The molecule has 0 aliphatic heterocycles. The molecule has 1 atom stereocenters. The van der Waals surface area contributed by atoms with E-state index in [1.54, 1.807) is 0 Å². The quantitative estimate of drug-likeness (QED) is 0.661. The van der Waals surface area contributed by atoms with E-state index >= 15 is 0 Å². The van der Waals surface area contributed by atoms with Crippen LogP contribution in [-0.4, -0.2) is 9.55 Å². The highest BCUT2D eigenvalue weighted by Crippen LogP contribution is 2.27. The van der Waals surface area contributed by atoms with E-state index < -0.39 is 0 Å². The third-order valence-corrected chi connectivity index (χ3v) is 4.11. The highest BCUT2D eigenvalue weighted by atomic mass is 15.1. The van der Waals surface area contributed by atoms with Crippen LogP contribution in [0.5, 0.6) is 0 Å². The fourth-order valence-corrected chi connectivity index (χ4v) is 3.00. The Kier molecular flexibility index (Phi) is 4.38. The second kappa shape index (κ2) is 6.61. The molecule has 2 aromatic carbocycles. The number of hydrogen-bond acceptors (Lipinski definition) is 1. The van der Waals surface area contributed by atoms with Gasteiger partial charge >= 0.3 is 0 Å². The van der Waals surface area contributed by atoms with Crippen LogP contribution in [0.25, 0.3) is 0 Å². The second-order valence-corrected chi connectivity index (χ2v) is 5.77. The molecule has 0 bridgehead atoms. The average molecular weight is 290 g/mol. The van der Waals surface area contributed by atoms with E-state index in [0.717, 1.165) is 18.8 Å². The van der Waals surface area contributed by atoms with Crippen molar-refractivity contribution in [2.45, 2.75) is 32.7 Å². The van der Waals surface area contributed by atoms with Crippen molar-refractivity contribution in [2.75, 3.05) is 0 Å². The number of imidazole rings is 1. The molecule has 2 nitrogen and oxygen atoms in total. The van der Waals surface area contributed by atoms with E-state index in [9.17, 15) is 0 Å². The van der Waals surface area contributed by atoms with Crippen LogP contribution in [0.3, 0.4) is 0 Å². The molecule has 2 heteroatoms. The standard InChI is InChI=1S/C20H22N2/c1-3-19(18-11-7-8-16(2)14-18)20-21-12-13-22(20)15-17-9-5-4-6-10-17/h4-14,19H,3,15H2,1-2H3. The Balaban J connectivity index is 1.92. The highest BCUT2D eigenvalue weighted by Gasteiger charge is 2.17. The van der Waals surface area contributed by atoms with Crippen LogP contribution < -0.4 is 0 Å². The molecule has 0 radical (unpaired) electrons. The molecule has 0 saturated carbocycles. The van der Waals surface area contributed by atoms with Crippen molar-refractivity contribution in [3.8, 4) is 0 Å². The maximum absolute atomic E-state index is 4.65. The number of nitrogens with zero attached hydrogens (tertiary/aromatic N) is 2. The molecule has 112 valence electrons. The van der Waals surface area contributed by atoms with Gasteiger partial charge in [-0.05, 0) is 24.5 Å². The number of rotatable bonds is 5. The molecule has 1 heterocycles. The van der Waals surface area contributed by atoms with E-state index in [1.807, 2.05) is 6.20 Å². The van der Waals surface area contributed by atoms with E-state index in [2.05, 4.69) is 84.2 Å². The van der Waals surface area contributed by atoms with Crippen molar-refractivity contribution in [1.29, 1.82) is 0 Å². The molecule has 0 spiro atoms. The highest BCUT2D eigenvalue weighted by molar-refractivity contribution is 5.30. The first-order chi connectivity index (χ1) is 10.8. The molecule has 0 aliphatic rings. The number of benzene rings is 2. The van der Waals surface area contributed by atoms with Gasteiger partial charge in [0.2, 0.25) is 0 Å². The first-order valence-electron chi connectivity index (χ1n) is 7.89. The molecule has 0 N–H and O–H groups in total. The summed E-state index contributed by atoms with van der Waals surface area (Å²) in [5, 5.41) is 0. The van der Waals surface area contributed by atoms with E-state index in [4.69, 9.17) is 0 Å². The van der Waals surface area contributed by atoms with Crippen molar-refractivity contribution in [3.05, 3.63) is 89.5 Å². The van der Waals surface area contributed by atoms with Gasteiger partial charge in [-0.3, -0.25) is 0 Å². The zero-order valence-corrected chi connectivity index (χ0v) is 13.2. The number of aryl methyl sites for hydroxylation is 1. The largest absolute Gasteiger partial charge is 0.330 e. The van der Waals surface area contributed by atoms with Crippen LogP contribution in [-0.2, 0) is 6.54 Å². The average Bonchev–Trinajstić information content (AvgIpc) is 2.97. The lowest BCUT2D eigenvalue weighted by Gasteiger charge is -2.18. The number of aromatic nitrogens is 2. The van der Waals surface area contributed by atoms with Crippen molar-refractivity contribution in [1.82, 2.24) is 9.55 Å². The van der Waals surface area contributed by atoms with Gasteiger partial charge in [-0.15, -0.1) is 0 Å². The predicted molar refractivity (Wildman–Crippen MR) is 91.1 cm³/mol. The Hall–Kier alpha value is -2.35. The van der Waals surface area contributed by atoms with Crippen LogP contribution in [0.15, 0.2) is 67.0 Å². The SMILES string of the molecule is CCC(c1cccc(C)c1)c1nccn1Cc1ccccc1. The minimum atomic E-state index is 0.346. The zero-order valence-electron chi connectivity index (χ0n) is 13.2. The van der Waals surface area contributed by atoms with Crippen LogP contribution in [0.1, 0.15) is 41.8 Å². The second-order valence-electron chi connectivity index (χ2n) is 5.77. The Morgan fingerprint density at radius 3 is 2.59 bits per heavy atom. The molecule has 22 heavy (non-hydrogen) atoms. The lowest BCUT2D eigenvalue weighted by atomic mass is 9.94. The van der Waals surface area contributed by atoms with Crippen LogP contribution in [0.4, 0.5) is 0 Å². The first kappa shape index (κ1) is 14.6. The first-order valence-corrected chi connectivity index (χ1v) is 7.89. The van der Waals surface area contributed by atoms with Gasteiger partial charge in [-0.2, -0.15) is 0 Å². The maximum atomic E-state index is 4.65. The summed E-state index contributed by atoms with van der Waals surface area (Å²) in [5.41, 5.74) is 3.96. The molecule has 0 fully saturated rings. The van der Waals surface area contributed by atoms with Crippen LogP contribution in [0, 0.1) is 6.92 Å². The lowest BCUT2D eigenvalue weighted by molar-refractivity contribution is 0.644. The normalized spacial score (nSPS) is 12.3. The molecule has 0 amide bonds. The minimum Gasteiger partial charge on any atom is -0.330 e. The fraction of sp³-hybridized carbons (Fsp3) is 0.250. The molecule has 3 aromatic rings. The van der Waals surface area contributed by atoms with Gasteiger partial charge in [0.25, 0.3) is 0 Å². The van der Waals surface area contributed by atoms with Gasteiger partial charge in [0.05, 0.1) is 0 Å². The Labute approximate surface area is 132 Å². The number of hydrogen-bond donors (Lipinski definition) is 0. The van der Waals surface area contributed by atoms with Gasteiger partial charge in [0, 0.05) is 24.9 Å². The van der Waals surface area contributed by atoms with Crippen molar-refractivity contribution >= 4 is 0 Å². The van der Waals surface area contributed by atoms with E-state index in [-0.39, 0.29) is 0 Å². The summed E-state index contributed by atoms with van der Waals surface area (Å²) in [6, 6.07) is 19.3. The third-order valence-electron chi connectivity index (χ3n) is 4.11. The smallest absolute Gasteiger partial charge is 0.116 e. The summed E-state index contributed by atoms with van der Waals surface area (Å²) in [7, 11) is 0. The third kappa shape index (κ3) is 3.11. The molecule has 0 saturated heterocycles. The molecule has 1 unspecified atom stereocenters. The van der Waals surface area contributed by atoms with E-state index in [0.29, 0.717) is 5.92 Å². The summed E-state index contributed by atoms with van der Waals surface area (Å²) < 4.78 is 2.27. The molecular formula is C20H22N2. The molecule has 3 rings (SSSR count). The van der Waals surface area contributed by atoms with Crippen LogP contribution in [0.2, 0.25) is 0 Å². The van der Waals surface area contributed by atoms with Gasteiger partial charge in [-0.25, -0.2) is 4.98 Å². The molecule has 0 aliphatic carbocycles. The topological polar surface area (TPSA) is 17.8 Å². The molecule has 1 aromatic heterocycles. The van der Waals surface area contributed by atoms with Gasteiger partial charge in [0.15, 0.2) is 0 Å². The summed E-state index contributed by atoms with van der Waals surface area (Å²) in [6.45, 7) is 5.25. The Bertz CT molecular complexity index is 728. The molecular weight excluding hydrogens is 268 g/mol. The van der Waals surface area contributed by atoms with Crippen molar-refractivity contribution < 1.29 is 0 Å². The predicted octanol–water partition coefficient (Wildman–Crippen LogP) is 4.78. The zero-order chi connectivity index (χ0) is 15.4. The van der Waals surface area contributed by atoms with E-state index in [1.165, 1.54) is 16.7 Å². The van der Waals surface area contributed by atoms with Gasteiger partial charge < -0.3 is 4.57 Å². The monoisotopic (exact) mass is 290 g/mol. The Morgan fingerprint density at radius 2 is 1.86 bits per heavy atom. The fourth-order valence-electron chi connectivity index (χ4n) is 3.00. The summed E-state index contributed by atoms with van der Waals surface area (Å²) >= 11 is 0. The van der Waals surface area contributed by atoms with Gasteiger partial charge in [0.1, 0.15) is 5.82 Å².